The number of amides is 1. The fourth-order valence-electron chi connectivity index (χ4n) is 2.38. The van der Waals surface area contributed by atoms with Crippen LogP contribution in [0.4, 0.5) is 5.69 Å². The molecule has 0 saturated carbocycles. The fraction of sp³-hybridized carbons (Fsp3) is 0.158. The first-order valence-corrected chi connectivity index (χ1v) is 8.39. The molecule has 25 heavy (non-hydrogen) atoms. The van der Waals surface area contributed by atoms with E-state index >= 15 is 0 Å². The summed E-state index contributed by atoms with van der Waals surface area (Å²) in [6, 6.07) is 17.1. The van der Waals surface area contributed by atoms with Crippen LogP contribution in [-0.2, 0) is 0 Å². The first kappa shape index (κ1) is 17.0. The van der Waals surface area contributed by atoms with Crippen molar-refractivity contribution in [3.63, 3.8) is 0 Å². The number of furan rings is 1. The van der Waals surface area contributed by atoms with Crippen LogP contribution in [0.3, 0.4) is 0 Å². The Morgan fingerprint density at radius 1 is 1.04 bits per heavy atom. The molecule has 1 aromatic heterocycles. The molecule has 0 atom stereocenters. The molecule has 0 unspecified atom stereocenters. The lowest BCUT2D eigenvalue weighted by molar-refractivity contribution is 0.0918. The summed E-state index contributed by atoms with van der Waals surface area (Å²) in [5, 5.41) is 4.18. The molecule has 5 nitrogen and oxygen atoms in total. The molecular weight excluding hydrogens is 334 g/mol. The summed E-state index contributed by atoms with van der Waals surface area (Å²) < 4.78 is 5.50. The summed E-state index contributed by atoms with van der Waals surface area (Å²) in [6.07, 6.45) is 0. The Morgan fingerprint density at radius 2 is 1.76 bits per heavy atom. The van der Waals surface area contributed by atoms with Gasteiger partial charge in [0, 0.05) is 11.1 Å². The van der Waals surface area contributed by atoms with Crippen LogP contribution in [0.5, 0.6) is 0 Å². The third-order valence-corrected chi connectivity index (χ3v) is 3.98. The van der Waals surface area contributed by atoms with Gasteiger partial charge in [-0.1, -0.05) is 44.2 Å². The summed E-state index contributed by atoms with van der Waals surface area (Å²) in [6.45, 7) is 4.28. The molecule has 3 rings (SSSR count). The molecule has 1 amide bonds. The number of fused-ring (bicyclic) bond motifs is 1. The summed E-state index contributed by atoms with van der Waals surface area (Å²) >= 11 is 5.19. The minimum Gasteiger partial charge on any atom is -0.451 e. The first-order chi connectivity index (χ1) is 12.0. The van der Waals surface area contributed by atoms with Crippen LogP contribution in [0.1, 0.15) is 35.9 Å². The van der Waals surface area contributed by atoms with Crippen LogP contribution in [-0.4, -0.2) is 11.0 Å². The van der Waals surface area contributed by atoms with Crippen molar-refractivity contribution in [3.8, 4) is 0 Å². The molecule has 1 heterocycles. The van der Waals surface area contributed by atoms with E-state index in [9.17, 15) is 4.79 Å². The van der Waals surface area contributed by atoms with Gasteiger partial charge in [0.25, 0.3) is 0 Å². The Hall–Kier alpha value is -2.86. The third kappa shape index (κ3) is 4.16. The van der Waals surface area contributed by atoms with E-state index in [4.69, 9.17) is 16.6 Å². The molecule has 0 fully saturated rings. The monoisotopic (exact) mass is 353 g/mol. The predicted octanol–water partition coefficient (Wildman–Crippen LogP) is 4.19. The molecule has 0 radical (unpaired) electrons. The minimum absolute atomic E-state index is 0.220. The van der Waals surface area contributed by atoms with Gasteiger partial charge in [0.15, 0.2) is 10.9 Å². The molecule has 0 bridgehead atoms. The molecule has 0 spiro atoms. The SMILES string of the molecule is CC(C)c1ccc(NC(=S)NNC(=O)c2cc3ccccc3o2)cc1. The van der Waals surface area contributed by atoms with Crippen LogP contribution in [0, 0.1) is 0 Å². The number of carbonyl (C=O) groups excluding carboxylic acids is 1. The van der Waals surface area contributed by atoms with Gasteiger partial charge in [0.05, 0.1) is 0 Å². The van der Waals surface area contributed by atoms with Crippen molar-refractivity contribution in [2.45, 2.75) is 19.8 Å². The Labute approximate surface area is 151 Å². The molecule has 128 valence electrons. The summed E-state index contributed by atoms with van der Waals surface area (Å²) in [5.41, 5.74) is 7.96. The van der Waals surface area contributed by atoms with E-state index in [1.165, 1.54) is 5.56 Å². The molecule has 2 aromatic carbocycles. The number of hydrazine groups is 1. The summed E-state index contributed by atoms with van der Waals surface area (Å²) in [4.78, 5) is 12.1. The van der Waals surface area contributed by atoms with E-state index in [1.807, 2.05) is 48.5 Å². The Balaban J connectivity index is 1.55. The van der Waals surface area contributed by atoms with Crippen LogP contribution in [0.25, 0.3) is 11.0 Å². The van der Waals surface area contributed by atoms with E-state index in [-0.39, 0.29) is 5.76 Å². The van der Waals surface area contributed by atoms with E-state index in [1.54, 1.807) is 6.07 Å². The van der Waals surface area contributed by atoms with Gasteiger partial charge in [-0.25, -0.2) is 0 Å². The molecule has 3 aromatic rings. The highest BCUT2D eigenvalue weighted by Gasteiger charge is 2.12. The minimum atomic E-state index is -0.393. The number of anilines is 1. The van der Waals surface area contributed by atoms with E-state index in [0.717, 1.165) is 11.1 Å². The summed E-state index contributed by atoms with van der Waals surface area (Å²) in [7, 11) is 0. The number of benzene rings is 2. The Bertz CT molecular complexity index is 867. The van der Waals surface area contributed by atoms with E-state index < -0.39 is 5.91 Å². The number of nitrogens with one attached hydrogen (secondary N) is 3. The highest BCUT2D eigenvalue weighted by molar-refractivity contribution is 7.80. The highest BCUT2D eigenvalue weighted by atomic mass is 32.1. The van der Waals surface area contributed by atoms with Gasteiger partial charge in [0.1, 0.15) is 5.58 Å². The van der Waals surface area contributed by atoms with Crippen molar-refractivity contribution in [2.24, 2.45) is 0 Å². The van der Waals surface area contributed by atoms with E-state index in [0.29, 0.717) is 16.6 Å². The van der Waals surface area contributed by atoms with Gasteiger partial charge in [0.2, 0.25) is 0 Å². The highest BCUT2D eigenvalue weighted by Crippen LogP contribution is 2.19. The van der Waals surface area contributed by atoms with Crippen molar-refractivity contribution in [1.82, 2.24) is 10.9 Å². The molecule has 3 N–H and O–H groups in total. The molecular formula is C19H19N3O2S. The van der Waals surface area contributed by atoms with Crippen molar-refractivity contribution < 1.29 is 9.21 Å². The first-order valence-electron chi connectivity index (χ1n) is 7.99. The molecule has 6 heteroatoms. The maximum atomic E-state index is 12.1. The molecule has 0 aliphatic heterocycles. The van der Waals surface area contributed by atoms with Gasteiger partial charge in [-0.3, -0.25) is 15.6 Å². The molecule has 0 aliphatic rings. The Kier molecular flexibility index (Phi) is 5.00. The van der Waals surface area contributed by atoms with Crippen LogP contribution >= 0.6 is 12.2 Å². The van der Waals surface area contributed by atoms with E-state index in [2.05, 4.69) is 30.0 Å². The number of para-hydroxylation sites is 1. The second-order valence-electron chi connectivity index (χ2n) is 5.96. The number of rotatable bonds is 3. The van der Waals surface area contributed by atoms with Gasteiger partial charge in [-0.05, 0) is 48.0 Å². The number of hydrogen-bond acceptors (Lipinski definition) is 3. The second kappa shape index (κ2) is 7.36. The zero-order chi connectivity index (χ0) is 17.8. The van der Waals surface area contributed by atoms with Crippen molar-refractivity contribution >= 4 is 39.9 Å². The number of hydrogen-bond donors (Lipinski definition) is 3. The maximum Gasteiger partial charge on any atom is 0.305 e. The predicted molar refractivity (Wildman–Crippen MR) is 104 cm³/mol. The van der Waals surface area contributed by atoms with Gasteiger partial charge in [-0.2, -0.15) is 0 Å². The average Bonchev–Trinajstić information content (AvgIpc) is 3.04. The van der Waals surface area contributed by atoms with Gasteiger partial charge >= 0.3 is 5.91 Å². The van der Waals surface area contributed by atoms with Crippen molar-refractivity contribution in [2.75, 3.05) is 5.32 Å². The van der Waals surface area contributed by atoms with Crippen molar-refractivity contribution in [1.29, 1.82) is 0 Å². The lowest BCUT2D eigenvalue weighted by atomic mass is 10.0. The normalized spacial score (nSPS) is 10.7. The lowest BCUT2D eigenvalue weighted by Crippen LogP contribution is -2.43. The lowest BCUT2D eigenvalue weighted by Gasteiger charge is -2.12. The largest absolute Gasteiger partial charge is 0.451 e. The molecule has 0 aliphatic carbocycles. The maximum absolute atomic E-state index is 12.1. The average molecular weight is 353 g/mol. The Morgan fingerprint density at radius 3 is 2.44 bits per heavy atom. The number of carbonyl (C=O) groups is 1. The topological polar surface area (TPSA) is 66.3 Å². The third-order valence-electron chi connectivity index (χ3n) is 3.77. The van der Waals surface area contributed by atoms with Gasteiger partial charge < -0.3 is 9.73 Å². The quantitative estimate of drug-likeness (QED) is 0.487. The van der Waals surface area contributed by atoms with Gasteiger partial charge in [-0.15, -0.1) is 0 Å². The number of thiocarbonyl (C=S) groups is 1. The van der Waals surface area contributed by atoms with Crippen molar-refractivity contribution in [3.05, 3.63) is 65.9 Å². The van der Waals surface area contributed by atoms with Crippen LogP contribution in [0.15, 0.2) is 59.0 Å². The molecule has 0 saturated heterocycles. The fourth-order valence-corrected chi connectivity index (χ4v) is 2.55. The van der Waals surface area contributed by atoms with Crippen LogP contribution in [0.2, 0.25) is 0 Å². The summed E-state index contributed by atoms with van der Waals surface area (Å²) in [5.74, 6) is 0.301. The zero-order valence-corrected chi connectivity index (χ0v) is 14.8. The van der Waals surface area contributed by atoms with Crippen LogP contribution < -0.4 is 16.2 Å². The zero-order valence-electron chi connectivity index (χ0n) is 14.0. The smallest absolute Gasteiger partial charge is 0.305 e. The standard InChI is InChI=1S/C19H19N3O2S/c1-12(2)13-7-9-15(10-8-13)20-19(25)22-21-18(23)17-11-14-5-3-4-6-16(14)24-17/h3-12H,1-2H3,(H,21,23)(H2,20,22,25). The second-order valence-corrected chi connectivity index (χ2v) is 6.37.